The first-order chi connectivity index (χ1) is 12.5. The van der Waals surface area contributed by atoms with Crippen LogP contribution in [0.3, 0.4) is 0 Å². The topological polar surface area (TPSA) is 0 Å². The Morgan fingerprint density at radius 2 is 1.23 bits per heavy atom. The molecule has 0 bridgehead atoms. The second kappa shape index (κ2) is 1.31. The Balaban J connectivity index is 1.24. The fourth-order valence-corrected chi connectivity index (χ4v) is 98.3. The maximum atomic E-state index is 2.72. The van der Waals surface area contributed by atoms with E-state index in [4.69, 9.17) is 0 Å². The van der Waals surface area contributed by atoms with Crippen LogP contribution in [0.1, 0.15) is 12.5 Å². The molecule has 12 rings (SSSR count). The van der Waals surface area contributed by atoms with Gasteiger partial charge in [0.05, 0.1) is 0 Å². The average Bonchev–Trinajstić information content (AvgIpc) is 3.62. The van der Waals surface area contributed by atoms with Gasteiger partial charge in [0.25, 0.3) is 0 Å². The molecular formula is C24H22FeS. The molecule has 10 aliphatic heterocycles. The van der Waals surface area contributed by atoms with Crippen molar-refractivity contribution in [1.29, 1.82) is 0 Å². The summed E-state index contributed by atoms with van der Waals surface area (Å²) in [6.07, 6.45) is 0. The van der Waals surface area contributed by atoms with E-state index in [9.17, 15) is 0 Å². The van der Waals surface area contributed by atoms with Crippen LogP contribution in [0.5, 0.6) is 0 Å². The fraction of sp³-hybridized carbons (Fsp3) is 0.500. The molecule has 2 aromatic carbocycles. The SMILES string of the molecule is CC(Sc1ccccc1)(c1ccccc1)[C]12[CH]3[CH]4[CH]5[CH]1[Fe]45321678[CH]2[CH]1[CH]6[CH]7[CH]28. The van der Waals surface area contributed by atoms with Gasteiger partial charge in [-0.2, -0.15) is 0 Å². The van der Waals surface area contributed by atoms with Crippen LogP contribution < -0.4 is 0 Å². The molecule has 0 amide bonds. The van der Waals surface area contributed by atoms with Gasteiger partial charge in [-0.05, 0) is 0 Å². The summed E-state index contributed by atoms with van der Waals surface area (Å²) in [5.74, 6) is 0. The van der Waals surface area contributed by atoms with Crippen LogP contribution in [0.4, 0.5) is 0 Å². The van der Waals surface area contributed by atoms with E-state index in [0.717, 1.165) is 4.31 Å². The van der Waals surface area contributed by atoms with Crippen LogP contribution in [0.2, 0.25) is 47.7 Å². The molecule has 10 aliphatic rings. The van der Waals surface area contributed by atoms with E-state index in [1.807, 2.05) is 0 Å². The van der Waals surface area contributed by atoms with E-state index in [1.54, 1.807) is 5.56 Å². The number of thioether (sulfide) groups is 1. The Morgan fingerprint density at radius 1 is 0.731 bits per heavy atom. The number of hydrogen-bond acceptors (Lipinski definition) is 1. The predicted octanol–water partition coefficient (Wildman–Crippen LogP) is 7.45. The van der Waals surface area contributed by atoms with Crippen LogP contribution in [0, 0.1) is 0 Å². The normalized spacial score (nSPS) is 84.3. The Kier molecular flexibility index (Phi) is 0.573. The van der Waals surface area contributed by atoms with E-state index in [1.165, 1.54) is 48.2 Å². The summed E-state index contributed by atoms with van der Waals surface area (Å²) in [6, 6.07) is 23.2. The van der Waals surface area contributed by atoms with Crippen molar-refractivity contribution in [3.05, 3.63) is 66.2 Å². The second-order valence-electron chi connectivity index (χ2n) is 13.5. The first kappa shape index (κ1) is 11.3. The molecule has 5 atom stereocenters. The molecule has 2 aromatic rings. The van der Waals surface area contributed by atoms with E-state index < -0.39 is 6.51 Å². The van der Waals surface area contributed by atoms with Gasteiger partial charge in [-0.1, -0.05) is 0 Å². The predicted molar refractivity (Wildman–Crippen MR) is 103 cm³/mol. The minimum absolute atomic E-state index is 0.352. The zero-order chi connectivity index (χ0) is 16.4. The van der Waals surface area contributed by atoms with Gasteiger partial charge in [0.15, 0.2) is 0 Å². The van der Waals surface area contributed by atoms with Crippen molar-refractivity contribution in [3.63, 3.8) is 0 Å². The minimum atomic E-state index is -3.17. The molecule has 1 spiro atoms. The van der Waals surface area contributed by atoms with Gasteiger partial charge in [-0.25, -0.2) is 0 Å². The molecule has 10 saturated heterocycles. The van der Waals surface area contributed by atoms with Crippen molar-refractivity contribution in [2.75, 3.05) is 0 Å². The third-order valence-electron chi connectivity index (χ3n) is 17.8. The Bertz CT molecular complexity index is 1420. The Labute approximate surface area is 148 Å². The van der Waals surface area contributed by atoms with Crippen molar-refractivity contribution < 1.29 is 6.51 Å². The van der Waals surface area contributed by atoms with Gasteiger partial charge >= 0.3 is 149 Å². The van der Waals surface area contributed by atoms with E-state index in [0.29, 0.717) is 4.75 Å². The molecule has 0 radical (unpaired) electrons. The van der Waals surface area contributed by atoms with Crippen LogP contribution in [0.25, 0.3) is 0 Å². The molecule has 0 saturated carbocycles. The van der Waals surface area contributed by atoms with E-state index in [2.05, 4.69) is 79.3 Å². The zero-order valence-corrected chi connectivity index (χ0v) is 16.7. The fourth-order valence-electron chi connectivity index (χ4n) is 19.4. The molecule has 0 nitrogen and oxygen atoms in total. The van der Waals surface area contributed by atoms with Crippen molar-refractivity contribution >= 4 is 11.8 Å². The third kappa shape index (κ3) is 0.188. The summed E-state index contributed by atoms with van der Waals surface area (Å²) in [5, 5.41) is 0. The first-order valence-electron chi connectivity index (χ1n) is 10.5. The summed E-state index contributed by atoms with van der Waals surface area (Å²) in [6.45, 7) is -0.442. The van der Waals surface area contributed by atoms with Crippen molar-refractivity contribution in [2.45, 2.75) is 64.2 Å². The summed E-state index contributed by atoms with van der Waals surface area (Å²) in [5.41, 5.74) is 1.67. The van der Waals surface area contributed by atoms with Crippen molar-refractivity contribution in [3.8, 4) is 0 Å². The van der Waals surface area contributed by atoms with Crippen LogP contribution in [-0.2, 0) is 11.3 Å². The maximum absolute atomic E-state index is 3.17. The molecule has 132 valence electrons. The van der Waals surface area contributed by atoms with Gasteiger partial charge in [-0.3, -0.25) is 0 Å². The standard InChI is InChI=1S/C19H17S.C5H5.Fe/c1-19(17-12-8-9-13-17,16-10-4-2-5-11-16)20-18-14-6-3-7-15-18;1-2-4-5-3-1;/h2-15H,1H3;1-5H;. The summed E-state index contributed by atoms with van der Waals surface area (Å²) < 4.78 is 1.22. The summed E-state index contributed by atoms with van der Waals surface area (Å²) >= 11 is 2.28. The molecule has 0 aliphatic carbocycles. The molecule has 0 N–H and O–H groups in total. The summed E-state index contributed by atoms with van der Waals surface area (Å²) in [4.78, 5) is 14.0. The molecule has 0 aromatic heterocycles. The zero-order valence-electron chi connectivity index (χ0n) is 14.7. The van der Waals surface area contributed by atoms with Crippen LogP contribution in [0.15, 0.2) is 65.6 Å². The molecule has 26 heavy (non-hydrogen) atoms. The molecular weight excluding hydrogens is 376 g/mol. The molecule has 10 heterocycles. The van der Waals surface area contributed by atoms with Gasteiger partial charge in [0.1, 0.15) is 0 Å². The second-order valence-corrected chi connectivity index (χ2v) is 38.5. The number of rotatable bonds is 4. The van der Waals surface area contributed by atoms with Crippen molar-refractivity contribution in [2.24, 2.45) is 0 Å². The van der Waals surface area contributed by atoms with Crippen LogP contribution in [-0.4, -0.2) is 0 Å². The van der Waals surface area contributed by atoms with Gasteiger partial charge in [0, 0.05) is 0 Å². The first-order valence-corrected chi connectivity index (χ1v) is 17.6. The Morgan fingerprint density at radius 3 is 1.65 bits per heavy atom. The molecule has 2 heteroatoms. The molecule has 5 unspecified atom stereocenters. The van der Waals surface area contributed by atoms with Gasteiger partial charge in [-0.15, -0.1) is 0 Å². The Hall–Kier alpha value is -0.691. The summed E-state index contributed by atoms with van der Waals surface area (Å²) in [7, 11) is 0. The van der Waals surface area contributed by atoms with E-state index >= 15 is 0 Å². The van der Waals surface area contributed by atoms with Crippen molar-refractivity contribution in [1.82, 2.24) is 0 Å². The quantitative estimate of drug-likeness (QED) is 0.381. The average molecular weight is 398 g/mol. The van der Waals surface area contributed by atoms with Crippen LogP contribution >= 0.6 is 11.8 Å². The number of fused-ring (bicyclic) bond motifs is 10. The third-order valence-corrected chi connectivity index (χ3v) is 62.1. The number of benzene rings is 2. The number of hydrogen-bond donors (Lipinski definition) is 0. The van der Waals surface area contributed by atoms with Gasteiger partial charge < -0.3 is 0 Å². The monoisotopic (exact) mass is 398 g/mol. The van der Waals surface area contributed by atoms with Gasteiger partial charge in [0.2, 0.25) is 0 Å². The van der Waals surface area contributed by atoms with E-state index in [-0.39, 0.29) is 0 Å². The molecule has 10 fully saturated rings.